The summed E-state index contributed by atoms with van der Waals surface area (Å²) in [7, 11) is 4.18. The van der Waals surface area contributed by atoms with Crippen molar-refractivity contribution in [1.82, 2.24) is 24.8 Å². The molecule has 0 spiro atoms. The van der Waals surface area contributed by atoms with Crippen LogP contribution in [0, 0.1) is 25.2 Å². The van der Waals surface area contributed by atoms with Gasteiger partial charge in [0.15, 0.2) is 5.16 Å². The van der Waals surface area contributed by atoms with E-state index in [9.17, 15) is 18.5 Å². The number of likely N-dealkylation sites (tertiary alicyclic amines) is 1. The zero-order valence-electron chi connectivity index (χ0n) is 39.8. The van der Waals surface area contributed by atoms with Crippen molar-refractivity contribution in [3.05, 3.63) is 146 Å². The monoisotopic (exact) mass is 1010 g/mol. The number of rotatable bonds is 15. The summed E-state index contributed by atoms with van der Waals surface area (Å²) in [4.78, 5) is 31.1. The summed E-state index contributed by atoms with van der Waals surface area (Å²) in [5.41, 5.74) is 7.09. The van der Waals surface area contributed by atoms with Crippen molar-refractivity contribution in [2.45, 2.75) is 60.8 Å². The Morgan fingerprint density at radius 2 is 1.65 bits per heavy atom. The summed E-state index contributed by atoms with van der Waals surface area (Å²) in [6.07, 6.45) is 6.31. The lowest BCUT2D eigenvalue weighted by atomic mass is 9.88. The minimum absolute atomic E-state index is 0.00825. The molecule has 0 radical (unpaired) electrons. The third-order valence-electron chi connectivity index (χ3n) is 12.7. The van der Waals surface area contributed by atoms with Crippen LogP contribution in [0.2, 0.25) is 10.0 Å². The van der Waals surface area contributed by atoms with Gasteiger partial charge in [-0.25, -0.2) is 4.98 Å². The van der Waals surface area contributed by atoms with Crippen molar-refractivity contribution < 1.29 is 27.4 Å². The second-order valence-electron chi connectivity index (χ2n) is 17.1. The Bertz CT molecular complexity index is 3080. The lowest BCUT2D eigenvalue weighted by Crippen LogP contribution is -2.36. The van der Waals surface area contributed by atoms with Crippen LogP contribution in [-0.4, -0.2) is 99.9 Å². The molecule has 1 aliphatic rings. The predicted molar refractivity (Wildman–Crippen MR) is 276 cm³/mol. The lowest BCUT2D eigenvalue weighted by molar-refractivity contribution is 0.0780. The fourth-order valence-corrected chi connectivity index (χ4v) is 11.3. The van der Waals surface area contributed by atoms with E-state index in [0.29, 0.717) is 38.8 Å². The van der Waals surface area contributed by atoms with E-state index in [0.717, 1.165) is 99.5 Å². The number of H-pyrrole nitrogens is 1. The first-order valence-electron chi connectivity index (χ1n) is 22.5. The molecular weight excluding hydrogens is 952 g/mol. The molecule has 1 saturated heterocycles. The lowest BCUT2D eigenvalue weighted by Gasteiger charge is -2.34. The molecule has 0 saturated carbocycles. The number of nitrogens with one attached hydrogen (secondary N) is 1. The molecule has 3 atom stereocenters. The molecule has 16 heteroatoms. The number of fused-ring (bicyclic) bond motifs is 2. The molecule has 3 heterocycles. The summed E-state index contributed by atoms with van der Waals surface area (Å²) >= 11 is 12.7. The van der Waals surface area contributed by atoms with Crippen LogP contribution in [0.5, 0.6) is 17.2 Å². The molecule has 8 rings (SSSR count). The number of likely N-dealkylation sites (N-methyl/N-ethyl adjacent to an activating group) is 1. The molecule has 7 aromatic rings. The number of hydrogen-bond acceptors (Lipinski definition) is 10. The molecule has 12 nitrogen and oxygen atoms in total. The number of aromatic amines is 1. The van der Waals surface area contributed by atoms with Crippen LogP contribution in [0.25, 0.3) is 21.8 Å². The van der Waals surface area contributed by atoms with Gasteiger partial charge in [0.05, 0.1) is 86.6 Å². The van der Waals surface area contributed by atoms with Gasteiger partial charge in [-0.1, -0.05) is 71.7 Å². The van der Waals surface area contributed by atoms with Gasteiger partial charge < -0.3 is 29.0 Å². The van der Waals surface area contributed by atoms with Gasteiger partial charge in [-0.05, 0) is 117 Å². The van der Waals surface area contributed by atoms with Gasteiger partial charge in [0.25, 0.3) is 5.91 Å². The van der Waals surface area contributed by atoms with Crippen molar-refractivity contribution >= 4 is 72.5 Å². The van der Waals surface area contributed by atoms with Crippen molar-refractivity contribution in [1.29, 1.82) is 5.26 Å². The minimum atomic E-state index is -1.33. The zero-order valence-corrected chi connectivity index (χ0v) is 43.0. The highest BCUT2D eigenvalue weighted by molar-refractivity contribution is 7.84. The summed E-state index contributed by atoms with van der Waals surface area (Å²) in [6, 6.07) is 30.8. The summed E-state index contributed by atoms with van der Waals surface area (Å²) in [5, 5.41) is 12.8. The van der Waals surface area contributed by atoms with Gasteiger partial charge in [0.1, 0.15) is 23.3 Å². The number of pyridine rings is 1. The Morgan fingerprint density at radius 3 is 2.35 bits per heavy atom. The number of carbonyl (C=O) groups is 1. The first-order valence-corrected chi connectivity index (χ1v) is 26.1. The van der Waals surface area contributed by atoms with E-state index in [1.807, 2.05) is 92.7 Å². The van der Waals surface area contributed by atoms with Gasteiger partial charge in [0, 0.05) is 54.1 Å². The molecule has 1 aliphatic heterocycles. The number of aromatic nitrogens is 3. The van der Waals surface area contributed by atoms with Crippen LogP contribution >= 0.6 is 23.2 Å². The van der Waals surface area contributed by atoms with Crippen LogP contribution in [0.1, 0.15) is 75.0 Å². The Hall–Kier alpha value is -5.82. The number of nitrogens with zero attached hydrogens (tertiary/aromatic N) is 5. The van der Waals surface area contributed by atoms with E-state index >= 15 is 0 Å². The normalized spacial score (nSPS) is 14.3. The number of imidazole rings is 1. The Morgan fingerprint density at radius 1 is 0.928 bits per heavy atom. The number of benzene rings is 5. The Labute approximate surface area is 418 Å². The third-order valence-corrected chi connectivity index (χ3v) is 15.6. The molecule has 1 amide bonds. The smallest absolute Gasteiger partial charge is 0.258 e. The number of carbonyl (C=O) groups excluding carboxylic acids is 1. The fraction of sp³-hybridized carbons (Fsp3) is 0.321. The highest BCUT2D eigenvalue weighted by atomic mass is 35.5. The second-order valence-corrected chi connectivity index (χ2v) is 20.6. The number of methoxy groups -OCH3 is 3. The maximum Gasteiger partial charge on any atom is 0.258 e. The molecule has 0 bridgehead atoms. The van der Waals surface area contributed by atoms with E-state index < -0.39 is 21.6 Å². The van der Waals surface area contributed by atoms with Crippen LogP contribution in [-0.2, 0) is 27.4 Å². The molecular formula is C53H56Cl2N6O6S2. The van der Waals surface area contributed by atoms with Crippen LogP contribution in [0.4, 0.5) is 0 Å². The van der Waals surface area contributed by atoms with Gasteiger partial charge in [0.2, 0.25) is 0 Å². The number of hydrogen-bond donors (Lipinski definition) is 1. The molecule has 0 aliphatic carbocycles. The van der Waals surface area contributed by atoms with Crippen molar-refractivity contribution in [3.63, 3.8) is 0 Å². The van der Waals surface area contributed by atoms with Crippen molar-refractivity contribution in [2.75, 3.05) is 60.8 Å². The van der Waals surface area contributed by atoms with Gasteiger partial charge in [-0.15, -0.1) is 0 Å². The predicted octanol–water partition coefficient (Wildman–Crippen LogP) is 10.8. The molecule has 2 aromatic heterocycles. The Balaban J connectivity index is 0.000000246. The molecule has 1 unspecified atom stereocenters. The van der Waals surface area contributed by atoms with E-state index in [4.69, 9.17) is 37.4 Å². The van der Waals surface area contributed by atoms with Gasteiger partial charge >= 0.3 is 0 Å². The van der Waals surface area contributed by atoms with E-state index in [1.54, 1.807) is 44.7 Å². The minimum Gasteiger partial charge on any atom is -0.497 e. The third kappa shape index (κ3) is 11.8. The zero-order chi connectivity index (χ0) is 49.4. The highest BCUT2D eigenvalue weighted by Crippen LogP contribution is 2.36. The summed E-state index contributed by atoms with van der Waals surface area (Å²) in [6.45, 7) is 7.06. The quantitative estimate of drug-likeness (QED) is 0.105. The largest absolute Gasteiger partial charge is 0.497 e. The highest BCUT2D eigenvalue weighted by Gasteiger charge is 2.28. The maximum atomic E-state index is 14.1. The number of ether oxygens (including phenoxy) is 3. The molecule has 360 valence electrons. The number of aryl methyl sites for hydroxylation is 1. The molecule has 69 heavy (non-hydrogen) atoms. The van der Waals surface area contributed by atoms with E-state index in [1.165, 1.54) is 12.7 Å². The topological polar surface area (TPSA) is 151 Å². The molecule has 1 N–H and O–H groups in total. The van der Waals surface area contributed by atoms with Crippen LogP contribution < -0.4 is 14.2 Å². The second kappa shape index (κ2) is 23.2. The first-order chi connectivity index (χ1) is 33.2. The van der Waals surface area contributed by atoms with Gasteiger partial charge in [-0.2, -0.15) is 5.26 Å². The SMILES string of the molecule is COc1c(C#N)cc2ccccc2c1C(=O)N(C)C[C@@H](CCN1CCC(c2ccccc2[S@](C)=O)CC1)c1ccc(Cl)c(Cl)c1.COc1ccc2nc(S(=O)Cc3ncc(C)c(OC)c3C)[nH]c2c1. The van der Waals surface area contributed by atoms with Crippen LogP contribution in [0.15, 0.2) is 107 Å². The standard InChI is InChI=1S/C36H37Cl2N3O3S.C17H19N3O3S/c1-40(36(42)34-30-10-5-4-8-26(30)20-28(22-39)35(34)44-2)23-27(25-12-13-31(37)32(38)21-25)16-19-41-17-14-24(15-18-41)29-9-6-7-11-33(29)45(3)43;1-10-8-18-15(11(2)16(10)23-4)9-24(21)17-19-13-6-5-12(22-3)7-14(13)20-17/h4-13,20-21,24,27H,14-19,23H2,1-3H3;5-8H,9H2,1-4H3,(H,19,20)/t27-,45+;/m1./s1. The maximum absolute atomic E-state index is 14.1. The first kappa shape index (κ1) is 51.0. The van der Waals surface area contributed by atoms with Crippen molar-refractivity contribution in [2.24, 2.45) is 0 Å². The number of halogens is 2. The Kier molecular flexibility index (Phi) is 17.2. The van der Waals surface area contributed by atoms with Crippen LogP contribution in [0.3, 0.4) is 0 Å². The number of nitriles is 1. The number of piperidine rings is 1. The van der Waals surface area contributed by atoms with E-state index in [2.05, 4.69) is 32.0 Å². The number of amides is 1. The molecule has 5 aromatic carbocycles. The average Bonchev–Trinajstić information content (AvgIpc) is 3.80. The molecule has 1 fully saturated rings. The fourth-order valence-electron chi connectivity index (χ4n) is 9.06. The van der Waals surface area contributed by atoms with Crippen molar-refractivity contribution in [3.8, 4) is 23.3 Å². The van der Waals surface area contributed by atoms with Gasteiger partial charge in [-0.3, -0.25) is 18.2 Å². The summed E-state index contributed by atoms with van der Waals surface area (Å²) in [5.74, 6) is 2.25. The average molecular weight is 1010 g/mol. The summed E-state index contributed by atoms with van der Waals surface area (Å²) < 4.78 is 41.2. The van der Waals surface area contributed by atoms with E-state index in [-0.39, 0.29) is 23.3 Å².